The summed E-state index contributed by atoms with van der Waals surface area (Å²) in [6.07, 6.45) is 0. The topological polar surface area (TPSA) is 59.6 Å². The molecule has 0 aromatic heterocycles. The monoisotopic (exact) mass is 342 g/mol. The normalized spacial score (nSPS) is 10.9. The summed E-state index contributed by atoms with van der Waals surface area (Å²) in [6.45, 7) is 7.26. The molecule has 134 valence electrons. The largest absolute Gasteiger partial charge is 0.497 e. The van der Waals surface area contributed by atoms with E-state index >= 15 is 0 Å². The van der Waals surface area contributed by atoms with Crippen molar-refractivity contribution in [1.82, 2.24) is 5.32 Å². The molecule has 25 heavy (non-hydrogen) atoms. The number of ether oxygens (including phenoxy) is 2. The van der Waals surface area contributed by atoms with E-state index in [0.717, 1.165) is 11.4 Å². The number of carbonyl (C=O) groups is 1. The number of anilines is 1. The lowest BCUT2D eigenvalue weighted by Crippen LogP contribution is -2.32. The molecule has 2 aromatic carbocycles. The van der Waals surface area contributed by atoms with E-state index in [4.69, 9.17) is 9.47 Å². The Morgan fingerprint density at radius 2 is 1.72 bits per heavy atom. The minimum absolute atomic E-state index is 0.0955. The zero-order chi connectivity index (χ0) is 18.3. The summed E-state index contributed by atoms with van der Waals surface area (Å²) in [7, 11) is 1.61. The van der Waals surface area contributed by atoms with Gasteiger partial charge in [-0.25, -0.2) is 4.79 Å². The zero-order valence-corrected chi connectivity index (χ0v) is 15.3. The Labute approximate surface area is 149 Å². The number of amides is 2. The van der Waals surface area contributed by atoms with Gasteiger partial charge in [0.15, 0.2) is 0 Å². The number of methoxy groups -OCH3 is 1. The van der Waals surface area contributed by atoms with Gasteiger partial charge in [0.2, 0.25) is 0 Å². The van der Waals surface area contributed by atoms with Gasteiger partial charge in [-0.3, -0.25) is 0 Å². The van der Waals surface area contributed by atoms with Gasteiger partial charge in [0.1, 0.15) is 18.1 Å². The molecule has 0 bridgehead atoms. The second kappa shape index (κ2) is 8.42. The first-order valence-electron chi connectivity index (χ1n) is 8.31. The van der Waals surface area contributed by atoms with Crippen molar-refractivity contribution < 1.29 is 14.3 Å². The molecule has 0 radical (unpaired) electrons. The van der Waals surface area contributed by atoms with Crippen LogP contribution in [0.4, 0.5) is 10.5 Å². The molecular weight excluding hydrogens is 316 g/mol. The average molecular weight is 342 g/mol. The number of hydrogen-bond acceptors (Lipinski definition) is 3. The van der Waals surface area contributed by atoms with Crippen LogP contribution in [0.2, 0.25) is 0 Å². The van der Waals surface area contributed by atoms with E-state index in [9.17, 15) is 4.79 Å². The standard InChI is InChI=1S/C20H26N2O3/c1-20(2,3)15-8-10-16(11-9-15)22-19(23)21-12-13-25-18-7-5-6-17(14-18)24-4/h5-11,14H,12-13H2,1-4H3,(H2,21,22,23). The van der Waals surface area contributed by atoms with Crippen molar-refractivity contribution in [3.05, 3.63) is 54.1 Å². The van der Waals surface area contributed by atoms with Crippen LogP contribution in [0.15, 0.2) is 48.5 Å². The number of rotatable bonds is 6. The lowest BCUT2D eigenvalue weighted by atomic mass is 9.87. The molecule has 0 spiro atoms. The first-order valence-corrected chi connectivity index (χ1v) is 8.31. The van der Waals surface area contributed by atoms with Gasteiger partial charge in [-0.05, 0) is 35.2 Å². The van der Waals surface area contributed by atoms with Crippen LogP contribution in [-0.2, 0) is 5.41 Å². The van der Waals surface area contributed by atoms with Crippen molar-refractivity contribution >= 4 is 11.7 Å². The number of nitrogens with one attached hydrogen (secondary N) is 2. The van der Waals surface area contributed by atoms with Gasteiger partial charge >= 0.3 is 6.03 Å². The first kappa shape index (κ1) is 18.6. The van der Waals surface area contributed by atoms with Crippen LogP contribution in [0.25, 0.3) is 0 Å². The van der Waals surface area contributed by atoms with Gasteiger partial charge in [-0.2, -0.15) is 0 Å². The molecule has 0 saturated heterocycles. The minimum Gasteiger partial charge on any atom is -0.497 e. The van der Waals surface area contributed by atoms with E-state index < -0.39 is 0 Å². The van der Waals surface area contributed by atoms with E-state index in [2.05, 4.69) is 31.4 Å². The average Bonchev–Trinajstić information content (AvgIpc) is 2.58. The number of hydrogen-bond donors (Lipinski definition) is 2. The molecule has 0 aliphatic rings. The Morgan fingerprint density at radius 3 is 2.36 bits per heavy atom. The highest BCUT2D eigenvalue weighted by Gasteiger charge is 2.13. The van der Waals surface area contributed by atoms with E-state index in [1.165, 1.54) is 5.56 Å². The van der Waals surface area contributed by atoms with Crippen molar-refractivity contribution in [2.45, 2.75) is 26.2 Å². The van der Waals surface area contributed by atoms with Gasteiger partial charge in [-0.1, -0.05) is 39.0 Å². The smallest absolute Gasteiger partial charge is 0.319 e. The second-order valence-electron chi connectivity index (χ2n) is 6.74. The predicted molar refractivity (Wildman–Crippen MR) is 101 cm³/mol. The second-order valence-corrected chi connectivity index (χ2v) is 6.74. The third-order valence-corrected chi connectivity index (χ3v) is 3.71. The lowest BCUT2D eigenvalue weighted by molar-refractivity contribution is 0.247. The maximum Gasteiger partial charge on any atom is 0.319 e. The van der Waals surface area contributed by atoms with Crippen LogP contribution >= 0.6 is 0 Å². The summed E-state index contributed by atoms with van der Waals surface area (Å²) in [5, 5.41) is 5.58. The summed E-state index contributed by atoms with van der Waals surface area (Å²) in [5.74, 6) is 1.45. The molecule has 0 aliphatic carbocycles. The van der Waals surface area contributed by atoms with Crippen LogP contribution < -0.4 is 20.1 Å². The molecule has 0 heterocycles. The first-order chi connectivity index (χ1) is 11.9. The van der Waals surface area contributed by atoms with Crippen LogP contribution in [0, 0.1) is 0 Å². The highest BCUT2D eigenvalue weighted by atomic mass is 16.5. The maximum absolute atomic E-state index is 11.9. The predicted octanol–water partition coefficient (Wildman–Crippen LogP) is 4.19. The van der Waals surface area contributed by atoms with Gasteiger partial charge in [0, 0.05) is 11.8 Å². The van der Waals surface area contributed by atoms with Crippen molar-refractivity contribution in [3.63, 3.8) is 0 Å². The van der Waals surface area contributed by atoms with E-state index in [-0.39, 0.29) is 11.4 Å². The quantitative estimate of drug-likeness (QED) is 0.774. The zero-order valence-electron chi connectivity index (χ0n) is 15.3. The Morgan fingerprint density at radius 1 is 1.04 bits per heavy atom. The highest BCUT2D eigenvalue weighted by molar-refractivity contribution is 5.89. The van der Waals surface area contributed by atoms with Gasteiger partial charge in [-0.15, -0.1) is 0 Å². The fraction of sp³-hybridized carbons (Fsp3) is 0.350. The molecule has 0 aliphatic heterocycles. The molecule has 2 N–H and O–H groups in total. The highest BCUT2D eigenvalue weighted by Crippen LogP contribution is 2.23. The number of benzene rings is 2. The van der Waals surface area contributed by atoms with Gasteiger partial charge in [0.25, 0.3) is 0 Å². The summed E-state index contributed by atoms with van der Waals surface area (Å²) in [4.78, 5) is 11.9. The van der Waals surface area contributed by atoms with Crippen LogP contribution in [0.3, 0.4) is 0 Å². The Bertz CT molecular complexity index is 691. The number of urea groups is 1. The SMILES string of the molecule is COc1cccc(OCCNC(=O)Nc2ccc(C(C)(C)C)cc2)c1. The molecule has 0 atom stereocenters. The summed E-state index contributed by atoms with van der Waals surface area (Å²) in [6, 6.07) is 15.0. The molecule has 2 amide bonds. The molecule has 0 fully saturated rings. The third kappa shape index (κ3) is 6.03. The van der Waals surface area contributed by atoms with E-state index in [1.807, 2.05) is 42.5 Å². The molecule has 5 nitrogen and oxygen atoms in total. The van der Waals surface area contributed by atoms with Crippen molar-refractivity contribution in [3.8, 4) is 11.5 Å². The van der Waals surface area contributed by atoms with Crippen LogP contribution in [0.1, 0.15) is 26.3 Å². The maximum atomic E-state index is 11.9. The third-order valence-electron chi connectivity index (χ3n) is 3.71. The molecular formula is C20H26N2O3. The van der Waals surface area contributed by atoms with Crippen LogP contribution in [0.5, 0.6) is 11.5 Å². The van der Waals surface area contributed by atoms with Crippen molar-refractivity contribution in [2.75, 3.05) is 25.6 Å². The minimum atomic E-state index is -0.252. The van der Waals surface area contributed by atoms with Gasteiger partial charge in [0.05, 0.1) is 13.7 Å². The number of carbonyl (C=O) groups excluding carboxylic acids is 1. The van der Waals surface area contributed by atoms with E-state index in [0.29, 0.717) is 18.9 Å². The van der Waals surface area contributed by atoms with Crippen molar-refractivity contribution in [1.29, 1.82) is 0 Å². The summed E-state index contributed by atoms with van der Waals surface area (Å²) >= 11 is 0. The van der Waals surface area contributed by atoms with Gasteiger partial charge < -0.3 is 20.1 Å². The molecule has 0 unspecified atom stereocenters. The van der Waals surface area contributed by atoms with Crippen molar-refractivity contribution in [2.24, 2.45) is 0 Å². The fourth-order valence-electron chi connectivity index (χ4n) is 2.25. The Kier molecular flexibility index (Phi) is 6.28. The Balaban J connectivity index is 1.73. The lowest BCUT2D eigenvalue weighted by Gasteiger charge is -2.19. The molecule has 2 aromatic rings. The molecule has 5 heteroatoms. The van der Waals surface area contributed by atoms with E-state index in [1.54, 1.807) is 13.2 Å². The summed E-state index contributed by atoms with van der Waals surface area (Å²) < 4.78 is 10.7. The Hall–Kier alpha value is -2.69. The molecule has 2 rings (SSSR count). The van der Waals surface area contributed by atoms with Crippen LogP contribution in [-0.4, -0.2) is 26.3 Å². The molecule has 0 saturated carbocycles. The fourth-order valence-corrected chi connectivity index (χ4v) is 2.25. The summed E-state index contributed by atoms with van der Waals surface area (Å²) in [5.41, 5.74) is 2.09.